The molecule has 0 atom stereocenters. The quantitative estimate of drug-likeness (QED) is 0.709. The second kappa shape index (κ2) is 3.66. The van der Waals surface area contributed by atoms with Gasteiger partial charge in [-0.25, -0.2) is 4.79 Å². The Morgan fingerprint density at radius 1 is 1.53 bits per heavy atom. The summed E-state index contributed by atoms with van der Waals surface area (Å²) in [6.45, 7) is 1.85. The van der Waals surface area contributed by atoms with Crippen LogP contribution in [0.4, 0.5) is 0 Å². The van der Waals surface area contributed by atoms with Crippen LogP contribution in [0.25, 0.3) is 0 Å². The number of nitrogens with zero attached hydrogens (tertiary/aromatic N) is 1. The van der Waals surface area contributed by atoms with Gasteiger partial charge in [0, 0.05) is 24.4 Å². The van der Waals surface area contributed by atoms with Crippen molar-refractivity contribution >= 4 is 0 Å². The predicted molar refractivity (Wildman–Crippen MR) is 54.9 cm³/mol. The summed E-state index contributed by atoms with van der Waals surface area (Å²) in [5, 5.41) is 8.87. The molecule has 1 saturated carbocycles. The zero-order valence-electron chi connectivity index (χ0n) is 8.56. The largest absolute Gasteiger partial charge is 0.396 e. The molecular formula is C10H14N2O3. The molecule has 0 radical (unpaired) electrons. The summed E-state index contributed by atoms with van der Waals surface area (Å²) < 4.78 is 1.56. The Morgan fingerprint density at radius 3 is 2.80 bits per heavy atom. The Bertz CT molecular complexity index is 468. The van der Waals surface area contributed by atoms with E-state index in [2.05, 4.69) is 4.98 Å². The van der Waals surface area contributed by atoms with E-state index in [9.17, 15) is 9.59 Å². The molecular weight excluding hydrogens is 196 g/mol. The minimum Gasteiger partial charge on any atom is -0.396 e. The van der Waals surface area contributed by atoms with Crippen LogP contribution < -0.4 is 11.2 Å². The zero-order chi connectivity index (χ0) is 11.0. The van der Waals surface area contributed by atoms with Crippen LogP contribution in [0.2, 0.25) is 0 Å². The van der Waals surface area contributed by atoms with Crippen molar-refractivity contribution in [2.45, 2.75) is 25.8 Å². The van der Waals surface area contributed by atoms with Gasteiger partial charge in [-0.2, -0.15) is 0 Å². The van der Waals surface area contributed by atoms with E-state index in [1.54, 1.807) is 17.7 Å². The molecule has 0 aliphatic heterocycles. The molecule has 1 aliphatic rings. The highest BCUT2D eigenvalue weighted by Gasteiger charge is 2.30. The molecule has 0 saturated heterocycles. The van der Waals surface area contributed by atoms with Crippen molar-refractivity contribution in [1.82, 2.24) is 9.55 Å². The molecule has 2 N–H and O–H groups in total. The van der Waals surface area contributed by atoms with E-state index < -0.39 is 0 Å². The first kappa shape index (κ1) is 10.2. The molecule has 1 heterocycles. The third-order valence-electron chi connectivity index (χ3n) is 3.01. The number of aliphatic hydroxyl groups is 1. The molecule has 5 heteroatoms. The fourth-order valence-electron chi connectivity index (χ4n) is 1.93. The normalized spacial score (nSPS) is 24.9. The predicted octanol–water partition coefficient (Wildman–Crippen LogP) is -0.212. The highest BCUT2D eigenvalue weighted by Crippen LogP contribution is 2.36. The zero-order valence-corrected chi connectivity index (χ0v) is 8.56. The lowest BCUT2D eigenvalue weighted by atomic mass is 9.81. The number of aliphatic hydroxyl groups excluding tert-OH is 1. The lowest BCUT2D eigenvalue weighted by molar-refractivity contribution is 0.109. The van der Waals surface area contributed by atoms with Crippen LogP contribution in [0.1, 0.15) is 24.4 Å². The molecule has 82 valence electrons. The molecule has 0 unspecified atom stereocenters. The Hall–Kier alpha value is -1.36. The van der Waals surface area contributed by atoms with Crippen molar-refractivity contribution in [3.8, 4) is 0 Å². The number of hydrogen-bond donors (Lipinski definition) is 2. The maximum Gasteiger partial charge on any atom is 0.328 e. The SMILES string of the molecule is Cc1cn(C2CC(CO)C2)c(=O)[nH]c1=O. The highest BCUT2D eigenvalue weighted by molar-refractivity contribution is 5.03. The first-order chi connectivity index (χ1) is 7.11. The summed E-state index contributed by atoms with van der Waals surface area (Å²) in [5.74, 6) is 0.300. The van der Waals surface area contributed by atoms with Crippen LogP contribution >= 0.6 is 0 Å². The lowest BCUT2D eigenvalue weighted by Gasteiger charge is -2.35. The molecule has 1 fully saturated rings. The number of H-pyrrole nitrogens is 1. The van der Waals surface area contributed by atoms with E-state index in [0.29, 0.717) is 11.5 Å². The van der Waals surface area contributed by atoms with Crippen LogP contribution in [-0.2, 0) is 0 Å². The summed E-state index contributed by atoms with van der Waals surface area (Å²) in [6.07, 6.45) is 3.21. The minimum atomic E-state index is -0.355. The number of aromatic amines is 1. The number of aryl methyl sites for hydroxylation is 1. The summed E-state index contributed by atoms with van der Waals surface area (Å²) in [5.41, 5.74) is -0.136. The molecule has 1 aliphatic carbocycles. The van der Waals surface area contributed by atoms with E-state index in [1.807, 2.05) is 0 Å². The van der Waals surface area contributed by atoms with Gasteiger partial charge in [0.25, 0.3) is 5.56 Å². The first-order valence-corrected chi connectivity index (χ1v) is 5.04. The maximum atomic E-state index is 11.5. The van der Waals surface area contributed by atoms with E-state index in [4.69, 9.17) is 5.11 Å². The van der Waals surface area contributed by atoms with Crippen LogP contribution in [-0.4, -0.2) is 21.3 Å². The molecule has 2 rings (SSSR count). The molecule has 0 bridgehead atoms. The Balaban J connectivity index is 2.27. The standard InChI is InChI=1S/C10H14N2O3/c1-6-4-12(10(15)11-9(6)14)8-2-7(3-8)5-13/h4,7-8,13H,2-3,5H2,1H3,(H,11,14,15). The molecule has 1 aromatic rings. The molecule has 0 aromatic carbocycles. The fraction of sp³-hybridized carbons (Fsp3) is 0.600. The maximum absolute atomic E-state index is 11.5. The van der Waals surface area contributed by atoms with Gasteiger partial charge < -0.3 is 5.11 Å². The van der Waals surface area contributed by atoms with Crippen molar-refractivity contribution in [1.29, 1.82) is 0 Å². The smallest absolute Gasteiger partial charge is 0.328 e. The van der Waals surface area contributed by atoms with Gasteiger partial charge in [-0.05, 0) is 25.7 Å². The van der Waals surface area contributed by atoms with E-state index in [0.717, 1.165) is 12.8 Å². The minimum absolute atomic E-state index is 0.130. The second-order valence-corrected chi connectivity index (χ2v) is 4.15. The number of nitrogens with one attached hydrogen (secondary N) is 1. The number of rotatable bonds is 2. The Labute approximate surface area is 86.4 Å². The van der Waals surface area contributed by atoms with Crippen molar-refractivity contribution in [3.63, 3.8) is 0 Å². The van der Waals surface area contributed by atoms with E-state index in [-0.39, 0.29) is 23.9 Å². The second-order valence-electron chi connectivity index (χ2n) is 4.15. The molecule has 1 aromatic heterocycles. The van der Waals surface area contributed by atoms with Gasteiger partial charge in [0.15, 0.2) is 0 Å². The van der Waals surface area contributed by atoms with Crippen LogP contribution in [0.5, 0.6) is 0 Å². The van der Waals surface area contributed by atoms with Gasteiger partial charge in [-0.1, -0.05) is 0 Å². The van der Waals surface area contributed by atoms with Crippen molar-refractivity contribution in [3.05, 3.63) is 32.6 Å². The Morgan fingerprint density at radius 2 is 2.20 bits per heavy atom. The van der Waals surface area contributed by atoms with Gasteiger partial charge in [0.1, 0.15) is 0 Å². The monoisotopic (exact) mass is 210 g/mol. The summed E-state index contributed by atoms with van der Waals surface area (Å²) in [4.78, 5) is 24.9. The molecule has 0 spiro atoms. The number of aromatic nitrogens is 2. The van der Waals surface area contributed by atoms with Gasteiger partial charge >= 0.3 is 5.69 Å². The average Bonchev–Trinajstić information content (AvgIpc) is 2.12. The molecule has 0 amide bonds. The highest BCUT2D eigenvalue weighted by atomic mass is 16.3. The third-order valence-corrected chi connectivity index (χ3v) is 3.01. The fourth-order valence-corrected chi connectivity index (χ4v) is 1.93. The first-order valence-electron chi connectivity index (χ1n) is 5.04. The van der Waals surface area contributed by atoms with Gasteiger partial charge in [-0.3, -0.25) is 14.3 Å². The summed E-state index contributed by atoms with van der Waals surface area (Å²) >= 11 is 0. The average molecular weight is 210 g/mol. The van der Waals surface area contributed by atoms with Crippen LogP contribution in [0.3, 0.4) is 0 Å². The Kier molecular flexibility index (Phi) is 2.48. The molecule has 5 nitrogen and oxygen atoms in total. The summed E-state index contributed by atoms with van der Waals surface area (Å²) in [7, 11) is 0. The topological polar surface area (TPSA) is 75.1 Å². The van der Waals surface area contributed by atoms with Crippen molar-refractivity contribution < 1.29 is 5.11 Å². The van der Waals surface area contributed by atoms with Gasteiger partial charge in [0.2, 0.25) is 0 Å². The van der Waals surface area contributed by atoms with Crippen molar-refractivity contribution in [2.24, 2.45) is 5.92 Å². The van der Waals surface area contributed by atoms with Crippen molar-refractivity contribution in [2.75, 3.05) is 6.61 Å². The summed E-state index contributed by atoms with van der Waals surface area (Å²) in [6, 6.07) is 0.130. The van der Waals surface area contributed by atoms with Gasteiger partial charge in [-0.15, -0.1) is 0 Å². The molecule has 15 heavy (non-hydrogen) atoms. The third kappa shape index (κ3) is 1.74. The van der Waals surface area contributed by atoms with Crippen LogP contribution in [0, 0.1) is 12.8 Å². The van der Waals surface area contributed by atoms with Gasteiger partial charge in [0.05, 0.1) is 0 Å². The van der Waals surface area contributed by atoms with Crippen LogP contribution in [0.15, 0.2) is 15.8 Å². The lowest BCUT2D eigenvalue weighted by Crippen LogP contribution is -2.39. The number of hydrogen-bond acceptors (Lipinski definition) is 3. The van der Waals surface area contributed by atoms with E-state index >= 15 is 0 Å². The van der Waals surface area contributed by atoms with E-state index in [1.165, 1.54) is 0 Å².